The highest BCUT2D eigenvalue weighted by Gasteiger charge is 2.62. The standard InChI is InChI=1S/C20H15Cl3F6N2O/c1-30-8-10-2-3-12(6-13(10)19(24,25)26)31-9-18(7-16(31)32,20(27,28)29)11-4-14(21)17(23)15(22)5-11/h2-6,30H,7-9H2,1H3. The Morgan fingerprint density at radius 2 is 1.62 bits per heavy atom. The molecule has 0 aromatic heterocycles. The van der Waals surface area contributed by atoms with Gasteiger partial charge in [0.1, 0.15) is 5.41 Å². The molecule has 1 saturated heterocycles. The summed E-state index contributed by atoms with van der Waals surface area (Å²) in [6.07, 6.45) is -10.7. The Bertz CT molecular complexity index is 1030. The van der Waals surface area contributed by atoms with Gasteiger partial charge in [-0.15, -0.1) is 0 Å². The molecule has 0 radical (unpaired) electrons. The molecule has 0 bridgehead atoms. The lowest BCUT2D eigenvalue weighted by atomic mass is 9.78. The Morgan fingerprint density at radius 3 is 2.12 bits per heavy atom. The van der Waals surface area contributed by atoms with Gasteiger partial charge >= 0.3 is 12.4 Å². The maximum Gasteiger partial charge on any atom is 0.416 e. The van der Waals surface area contributed by atoms with Crippen molar-refractivity contribution in [2.24, 2.45) is 0 Å². The Morgan fingerprint density at radius 1 is 1.03 bits per heavy atom. The molecule has 3 rings (SSSR count). The first-order valence-corrected chi connectivity index (χ1v) is 10.2. The van der Waals surface area contributed by atoms with Gasteiger partial charge in [0.15, 0.2) is 0 Å². The summed E-state index contributed by atoms with van der Waals surface area (Å²) in [7, 11) is 1.46. The van der Waals surface area contributed by atoms with E-state index in [1.807, 2.05) is 0 Å². The van der Waals surface area contributed by atoms with E-state index < -0.39 is 47.8 Å². The van der Waals surface area contributed by atoms with Crippen molar-refractivity contribution >= 4 is 46.4 Å². The van der Waals surface area contributed by atoms with E-state index in [2.05, 4.69) is 5.32 Å². The van der Waals surface area contributed by atoms with E-state index in [0.717, 1.165) is 18.2 Å². The lowest BCUT2D eigenvalue weighted by Gasteiger charge is -2.32. The van der Waals surface area contributed by atoms with E-state index in [9.17, 15) is 31.1 Å². The van der Waals surface area contributed by atoms with E-state index >= 15 is 0 Å². The van der Waals surface area contributed by atoms with Gasteiger partial charge in [0, 0.05) is 25.2 Å². The Labute approximate surface area is 194 Å². The smallest absolute Gasteiger partial charge is 0.316 e. The predicted molar refractivity (Wildman–Crippen MR) is 110 cm³/mol. The lowest BCUT2D eigenvalue weighted by Crippen LogP contribution is -2.45. The van der Waals surface area contributed by atoms with Gasteiger partial charge in [0.05, 0.1) is 20.6 Å². The lowest BCUT2D eigenvalue weighted by molar-refractivity contribution is -0.185. The number of halogens is 9. The Balaban J connectivity index is 2.12. The fourth-order valence-electron chi connectivity index (χ4n) is 3.72. The van der Waals surface area contributed by atoms with Crippen LogP contribution in [0.15, 0.2) is 30.3 Å². The van der Waals surface area contributed by atoms with Crippen molar-refractivity contribution in [3.8, 4) is 0 Å². The van der Waals surface area contributed by atoms with Crippen molar-refractivity contribution in [1.29, 1.82) is 0 Å². The second-order valence-corrected chi connectivity index (χ2v) is 8.55. The average molecular weight is 520 g/mol. The molecule has 32 heavy (non-hydrogen) atoms. The van der Waals surface area contributed by atoms with Crippen LogP contribution in [-0.4, -0.2) is 25.7 Å². The van der Waals surface area contributed by atoms with Gasteiger partial charge in [0.25, 0.3) is 0 Å². The topological polar surface area (TPSA) is 32.3 Å². The van der Waals surface area contributed by atoms with E-state index in [1.54, 1.807) is 0 Å². The first-order valence-electron chi connectivity index (χ1n) is 9.08. The van der Waals surface area contributed by atoms with Crippen molar-refractivity contribution in [3.05, 3.63) is 62.1 Å². The molecule has 1 atom stereocenters. The van der Waals surface area contributed by atoms with Crippen LogP contribution in [0, 0.1) is 0 Å². The third kappa shape index (κ3) is 4.40. The van der Waals surface area contributed by atoms with E-state index in [4.69, 9.17) is 34.8 Å². The highest BCUT2D eigenvalue weighted by atomic mass is 35.5. The maximum atomic E-state index is 14.3. The number of nitrogens with zero attached hydrogens (tertiary/aromatic N) is 1. The number of hydrogen-bond acceptors (Lipinski definition) is 2. The summed E-state index contributed by atoms with van der Waals surface area (Å²) in [5, 5.41) is 1.98. The van der Waals surface area contributed by atoms with Crippen LogP contribution in [0.4, 0.5) is 32.0 Å². The van der Waals surface area contributed by atoms with E-state index in [-0.39, 0.29) is 32.9 Å². The van der Waals surface area contributed by atoms with E-state index in [0.29, 0.717) is 11.0 Å². The third-order valence-corrected chi connectivity index (χ3v) is 6.54. The summed E-state index contributed by atoms with van der Waals surface area (Å²) in [6, 6.07) is 4.94. The second kappa shape index (κ2) is 8.59. The molecule has 1 aliphatic rings. The molecule has 12 heteroatoms. The zero-order valence-electron chi connectivity index (χ0n) is 16.3. The summed E-state index contributed by atoms with van der Waals surface area (Å²) in [4.78, 5) is 13.4. The zero-order chi connectivity index (χ0) is 24.1. The van der Waals surface area contributed by atoms with Gasteiger partial charge < -0.3 is 10.2 Å². The number of hydrogen-bond donors (Lipinski definition) is 1. The first kappa shape index (κ1) is 25.0. The van der Waals surface area contributed by atoms with Gasteiger partial charge in [0.2, 0.25) is 5.91 Å². The minimum Gasteiger partial charge on any atom is -0.316 e. The van der Waals surface area contributed by atoms with Gasteiger partial charge in [-0.2, -0.15) is 26.3 Å². The quantitative estimate of drug-likeness (QED) is 0.364. The number of alkyl halides is 6. The van der Waals surface area contributed by atoms with Crippen molar-refractivity contribution in [2.75, 3.05) is 18.5 Å². The monoisotopic (exact) mass is 518 g/mol. The molecular weight excluding hydrogens is 505 g/mol. The molecular formula is C20H15Cl3F6N2O. The number of benzene rings is 2. The number of carbonyl (C=O) groups excluding carboxylic acids is 1. The van der Waals surface area contributed by atoms with Crippen molar-refractivity contribution in [2.45, 2.75) is 30.7 Å². The normalized spacial score (nSPS) is 19.7. The molecule has 2 aromatic carbocycles. The van der Waals surface area contributed by atoms with Crippen LogP contribution in [0.1, 0.15) is 23.1 Å². The molecule has 0 spiro atoms. The SMILES string of the molecule is CNCc1ccc(N2CC(c3cc(Cl)c(Cl)c(Cl)c3)(C(F)(F)F)CC2=O)cc1C(F)(F)F. The van der Waals surface area contributed by atoms with Gasteiger partial charge in [-0.25, -0.2) is 0 Å². The third-order valence-electron chi connectivity index (χ3n) is 5.34. The Kier molecular flexibility index (Phi) is 6.70. The van der Waals surface area contributed by atoms with Crippen LogP contribution in [-0.2, 0) is 22.9 Å². The minimum absolute atomic E-state index is 0.103. The van der Waals surface area contributed by atoms with Crippen molar-refractivity contribution in [3.63, 3.8) is 0 Å². The highest BCUT2D eigenvalue weighted by molar-refractivity contribution is 6.48. The van der Waals surface area contributed by atoms with Crippen LogP contribution in [0.2, 0.25) is 15.1 Å². The molecule has 1 fully saturated rings. The minimum atomic E-state index is -4.93. The van der Waals surface area contributed by atoms with Gasteiger partial charge in [-0.1, -0.05) is 40.9 Å². The van der Waals surface area contributed by atoms with Crippen LogP contribution in [0.3, 0.4) is 0 Å². The predicted octanol–water partition coefficient (Wildman–Crippen LogP) is 6.62. The molecule has 1 heterocycles. The molecule has 1 N–H and O–H groups in total. The maximum absolute atomic E-state index is 14.3. The van der Waals surface area contributed by atoms with Gasteiger partial charge in [-0.3, -0.25) is 4.79 Å². The fraction of sp³-hybridized carbons (Fsp3) is 0.350. The highest BCUT2D eigenvalue weighted by Crippen LogP contribution is 2.51. The summed E-state index contributed by atoms with van der Waals surface area (Å²) < 4.78 is 83.4. The summed E-state index contributed by atoms with van der Waals surface area (Å²) >= 11 is 17.6. The molecule has 1 unspecified atom stereocenters. The zero-order valence-corrected chi connectivity index (χ0v) is 18.5. The molecule has 1 amide bonds. The molecule has 3 nitrogen and oxygen atoms in total. The number of carbonyl (C=O) groups is 1. The van der Waals surface area contributed by atoms with Crippen LogP contribution < -0.4 is 10.2 Å². The summed E-state index contributed by atoms with van der Waals surface area (Å²) in [6.45, 7) is -1.05. The number of nitrogens with one attached hydrogen (secondary N) is 1. The molecule has 0 aliphatic carbocycles. The first-order chi connectivity index (χ1) is 14.7. The average Bonchev–Trinajstić information content (AvgIpc) is 3.04. The molecule has 2 aromatic rings. The van der Waals surface area contributed by atoms with Gasteiger partial charge in [-0.05, 0) is 42.4 Å². The van der Waals surface area contributed by atoms with Crippen molar-refractivity contribution < 1.29 is 31.1 Å². The summed E-state index contributed by atoms with van der Waals surface area (Å²) in [5.41, 5.74) is -4.57. The van der Waals surface area contributed by atoms with Crippen molar-refractivity contribution in [1.82, 2.24) is 5.32 Å². The Hall–Kier alpha value is -1.68. The number of rotatable bonds is 4. The molecule has 0 saturated carbocycles. The van der Waals surface area contributed by atoms with E-state index in [1.165, 1.54) is 13.1 Å². The van der Waals surface area contributed by atoms with Crippen LogP contribution in [0.25, 0.3) is 0 Å². The number of anilines is 1. The number of amides is 1. The van der Waals surface area contributed by atoms with Crippen LogP contribution in [0.5, 0.6) is 0 Å². The molecule has 174 valence electrons. The summed E-state index contributed by atoms with van der Waals surface area (Å²) in [5.74, 6) is -0.987. The van der Waals surface area contributed by atoms with Crippen LogP contribution >= 0.6 is 34.8 Å². The second-order valence-electron chi connectivity index (χ2n) is 7.36. The fourth-order valence-corrected chi connectivity index (χ4v) is 4.32. The largest absolute Gasteiger partial charge is 0.416 e. The molecule has 1 aliphatic heterocycles.